The van der Waals surface area contributed by atoms with E-state index in [1.807, 2.05) is 25.8 Å². The lowest BCUT2D eigenvalue weighted by atomic mass is 10.2. The zero-order valence-electron chi connectivity index (χ0n) is 12.7. The fourth-order valence-corrected chi connectivity index (χ4v) is 2.05. The van der Waals surface area contributed by atoms with Gasteiger partial charge in [0.2, 0.25) is 5.91 Å². The van der Waals surface area contributed by atoms with E-state index in [-0.39, 0.29) is 11.7 Å². The molecule has 21 heavy (non-hydrogen) atoms. The van der Waals surface area contributed by atoms with Gasteiger partial charge in [-0.25, -0.2) is 0 Å². The molecule has 0 aliphatic heterocycles. The first-order valence-electron chi connectivity index (χ1n) is 6.96. The van der Waals surface area contributed by atoms with Crippen molar-refractivity contribution >= 4 is 5.91 Å². The standard InChI is InChI=1S/C15H22F2N2O2/c1-4-19(5-2)14(20)11-18(3)10-12-6-8-13(9-7-12)21-15(16)17/h6-9,15H,4-5,10-11H2,1-3H3. The molecule has 0 atom stereocenters. The predicted molar refractivity (Wildman–Crippen MR) is 77.3 cm³/mol. The maximum absolute atomic E-state index is 12.0. The first-order chi connectivity index (χ1) is 9.96. The number of carbonyl (C=O) groups excluding carboxylic acids is 1. The summed E-state index contributed by atoms with van der Waals surface area (Å²) < 4.78 is 28.4. The summed E-state index contributed by atoms with van der Waals surface area (Å²) in [6.07, 6.45) is 0. The van der Waals surface area contributed by atoms with Crippen molar-refractivity contribution in [1.29, 1.82) is 0 Å². The van der Waals surface area contributed by atoms with Gasteiger partial charge in [0.1, 0.15) is 5.75 Å². The number of alkyl halides is 2. The third-order valence-electron chi connectivity index (χ3n) is 3.12. The summed E-state index contributed by atoms with van der Waals surface area (Å²) in [6, 6.07) is 6.44. The quantitative estimate of drug-likeness (QED) is 0.740. The molecule has 1 amide bonds. The van der Waals surface area contributed by atoms with Gasteiger partial charge in [0.25, 0.3) is 0 Å². The highest BCUT2D eigenvalue weighted by atomic mass is 19.3. The second-order valence-electron chi connectivity index (χ2n) is 4.76. The smallest absolute Gasteiger partial charge is 0.387 e. The Balaban J connectivity index is 2.51. The summed E-state index contributed by atoms with van der Waals surface area (Å²) in [6.45, 7) is 3.38. The third-order valence-corrected chi connectivity index (χ3v) is 3.12. The molecular weight excluding hydrogens is 278 g/mol. The number of hydrogen-bond donors (Lipinski definition) is 0. The number of likely N-dealkylation sites (N-methyl/N-ethyl adjacent to an activating group) is 2. The van der Waals surface area contributed by atoms with Gasteiger partial charge in [-0.2, -0.15) is 8.78 Å². The van der Waals surface area contributed by atoms with Crippen molar-refractivity contribution < 1.29 is 18.3 Å². The third kappa shape index (κ3) is 6.08. The van der Waals surface area contributed by atoms with Crippen LogP contribution in [0, 0.1) is 0 Å². The Labute approximate surface area is 124 Å². The molecule has 0 saturated heterocycles. The Morgan fingerprint density at radius 3 is 2.24 bits per heavy atom. The van der Waals surface area contributed by atoms with E-state index < -0.39 is 6.61 Å². The molecule has 0 bridgehead atoms. The van der Waals surface area contributed by atoms with E-state index in [0.29, 0.717) is 26.2 Å². The highest BCUT2D eigenvalue weighted by Gasteiger charge is 2.12. The first-order valence-corrected chi connectivity index (χ1v) is 6.96. The number of carbonyl (C=O) groups is 1. The zero-order valence-corrected chi connectivity index (χ0v) is 12.7. The van der Waals surface area contributed by atoms with E-state index >= 15 is 0 Å². The summed E-state index contributed by atoms with van der Waals surface area (Å²) in [5.41, 5.74) is 0.937. The second kappa shape index (κ2) is 8.56. The lowest BCUT2D eigenvalue weighted by Gasteiger charge is -2.23. The monoisotopic (exact) mass is 300 g/mol. The summed E-state index contributed by atoms with van der Waals surface area (Å²) in [5.74, 6) is 0.218. The maximum Gasteiger partial charge on any atom is 0.387 e. The van der Waals surface area contributed by atoms with E-state index in [9.17, 15) is 13.6 Å². The average molecular weight is 300 g/mol. The van der Waals surface area contributed by atoms with Gasteiger partial charge in [0.05, 0.1) is 6.54 Å². The molecule has 0 spiro atoms. The molecule has 0 unspecified atom stereocenters. The van der Waals surface area contributed by atoms with E-state index in [4.69, 9.17) is 0 Å². The maximum atomic E-state index is 12.0. The topological polar surface area (TPSA) is 32.8 Å². The molecule has 0 fully saturated rings. The van der Waals surface area contributed by atoms with Crippen molar-refractivity contribution in [2.75, 3.05) is 26.7 Å². The van der Waals surface area contributed by atoms with Crippen LogP contribution in [-0.2, 0) is 11.3 Å². The van der Waals surface area contributed by atoms with Crippen LogP contribution < -0.4 is 4.74 Å². The van der Waals surface area contributed by atoms with Gasteiger partial charge in [-0.05, 0) is 38.6 Å². The molecule has 118 valence electrons. The summed E-state index contributed by atoms with van der Waals surface area (Å²) in [4.78, 5) is 15.6. The number of rotatable bonds is 8. The molecule has 1 aromatic rings. The number of ether oxygens (including phenoxy) is 1. The van der Waals surface area contributed by atoms with Gasteiger partial charge in [-0.15, -0.1) is 0 Å². The Kier molecular flexibility index (Phi) is 7.08. The van der Waals surface area contributed by atoms with Crippen molar-refractivity contribution in [2.45, 2.75) is 27.0 Å². The highest BCUT2D eigenvalue weighted by molar-refractivity contribution is 5.78. The Bertz CT molecular complexity index is 434. The van der Waals surface area contributed by atoms with E-state index in [1.54, 1.807) is 17.0 Å². The summed E-state index contributed by atoms with van der Waals surface area (Å²) in [7, 11) is 1.85. The molecule has 1 rings (SSSR count). The van der Waals surface area contributed by atoms with Crippen molar-refractivity contribution in [3.05, 3.63) is 29.8 Å². The number of hydrogen-bond acceptors (Lipinski definition) is 3. The molecule has 0 aromatic heterocycles. The molecule has 0 aliphatic carbocycles. The molecule has 0 heterocycles. The lowest BCUT2D eigenvalue weighted by Crippen LogP contribution is -2.38. The largest absolute Gasteiger partial charge is 0.435 e. The minimum atomic E-state index is -2.81. The minimum Gasteiger partial charge on any atom is -0.435 e. The second-order valence-corrected chi connectivity index (χ2v) is 4.76. The minimum absolute atomic E-state index is 0.0835. The van der Waals surface area contributed by atoms with E-state index in [0.717, 1.165) is 5.56 Å². The number of halogens is 2. The van der Waals surface area contributed by atoms with Gasteiger partial charge in [0.15, 0.2) is 0 Å². The van der Waals surface area contributed by atoms with Gasteiger partial charge in [0, 0.05) is 19.6 Å². The van der Waals surface area contributed by atoms with E-state index in [2.05, 4.69) is 4.74 Å². The van der Waals surface area contributed by atoms with Crippen molar-refractivity contribution in [3.63, 3.8) is 0 Å². The van der Waals surface area contributed by atoms with Gasteiger partial charge in [-0.1, -0.05) is 12.1 Å². The zero-order chi connectivity index (χ0) is 15.8. The summed E-state index contributed by atoms with van der Waals surface area (Å²) >= 11 is 0. The normalized spacial score (nSPS) is 11.0. The van der Waals surface area contributed by atoms with Gasteiger partial charge in [-0.3, -0.25) is 9.69 Å². The van der Waals surface area contributed by atoms with Crippen LogP contribution in [0.4, 0.5) is 8.78 Å². The van der Waals surface area contributed by atoms with Crippen molar-refractivity contribution in [3.8, 4) is 5.75 Å². The number of nitrogens with zero attached hydrogens (tertiary/aromatic N) is 2. The molecule has 6 heteroatoms. The first kappa shape index (κ1) is 17.4. The number of amides is 1. The van der Waals surface area contributed by atoms with Crippen LogP contribution in [0.15, 0.2) is 24.3 Å². The average Bonchev–Trinajstić information content (AvgIpc) is 2.41. The van der Waals surface area contributed by atoms with Crippen LogP contribution in [0.1, 0.15) is 19.4 Å². The molecule has 1 aromatic carbocycles. The lowest BCUT2D eigenvalue weighted by molar-refractivity contribution is -0.131. The predicted octanol–water partition coefficient (Wildman–Crippen LogP) is 2.59. The van der Waals surface area contributed by atoms with Crippen LogP contribution in [0.2, 0.25) is 0 Å². The Morgan fingerprint density at radius 2 is 1.76 bits per heavy atom. The van der Waals surface area contributed by atoms with Gasteiger partial charge >= 0.3 is 6.61 Å². The number of benzene rings is 1. The molecule has 4 nitrogen and oxygen atoms in total. The Morgan fingerprint density at radius 1 is 1.19 bits per heavy atom. The molecular formula is C15H22F2N2O2. The van der Waals surface area contributed by atoms with Crippen molar-refractivity contribution in [1.82, 2.24) is 9.80 Å². The van der Waals surface area contributed by atoms with Crippen LogP contribution in [0.5, 0.6) is 5.75 Å². The molecule has 0 aliphatic rings. The van der Waals surface area contributed by atoms with Crippen molar-refractivity contribution in [2.24, 2.45) is 0 Å². The fourth-order valence-electron chi connectivity index (χ4n) is 2.05. The molecule has 0 saturated carbocycles. The van der Waals surface area contributed by atoms with Crippen LogP contribution in [0.3, 0.4) is 0 Å². The van der Waals surface area contributed by atoms with E-state index in [1.165, 1.54) is 12.1 Å². The van der Waals surface area contributed by atoms with Crippen LogP contribution >= 0.6 is 0 Å². The molecule has 0 radical (unpaired) electrons. The van der Waals surface area contributed by atoms with Crippen LogP contribution in [0.25, 0.3) is 0 Å². The highest BCUT2D eigenvalue weighted by Crippen LogP contribution is 2.15. The fraction of sp³-hybridized carbons (Fsp3) is 0.533. The summed E-state index contributed by atoms with van der Waals surface area (Å²) in [5, 5.41) is 0. The Hall–Kier alpha value is -1.69. The van der Waals surface area contributed by atoms with Crippen LogP contribution in [-0.4, -0.2) is 49.0 Å². The SMILES string of the molecule is CCN(CC)C(=O)CN(C)Cc1ccc(OC(F)F)cc1. The molecule has 0 N–H and O–H groups in total. The van der Waals surface area contributed by atoms with Gasteiger partial charge < -0.3 is 9.64 Å².